The first-order valence-corrected chi connectivity index (χ1v) is 5.84. The van der Waals surface area contributed by atoms with Crippen LogP contribution >= 0.6 is 15.9 Å². The molecule has 2 rings (SSSR count). The molecule has 0 aliphatic rings. The van der Waals surface area contributed by atoms with E-state index in [0.717, 1.165) is 16.8 Å². The van der Waals surface area contributed by atoms with Gasteiger partial charge in [0.05, 0.1) is 0 Å². The summed E-state index contributed by atoms with van der Waals surface area (Å²) in [6.07, 6.45) is 1.24. The second-order valence-electron chi connectivity index (χ2n) is 3.59. The summed E-state index contributed by atoms with van der Waals surface area (Å²) in [5, 5.41) is 5.80. The van der Waals surface area contributed by atoms with Gasteiger partial charge in [0.25, 0.3) is 0 Å². The number of carbonyl (C=O) groups excluding carboxylic acids is 1. The van der Waals surface area contributed by atoms with Crippen LogP contribution < -0.4 is 11.1 Å². The van der Waals surface area contributed by atoms with E-state index >= 15 is 0 Å². The fraction of sp³-hybridized carbons (Fsp3) is 0.100. The zero-order valence-electron chi connectivity index (χ0n) is 9.40. The Morgan fingerprint density at radius 1 is 1.42 bits per heavy atom. The van der Waals surface area contributed by atoms with Crippen LogP contribution in [0.25, 0.3) is 0 Å². The summed E-state index contributed by atoms with van der Waals surface area (Å²) in [5.74, 6) is -2.39. The highest BCUT2D eigenvalue weighted by molar-refractivity contribution is 9.10. The molecule has 2 aromatic rings. The van der Waals surface area contributed by atoms with Crippen LogP contribution in [0.4, 0.5) is 20.4 Å². The number of hydrogen-bond donors (Lipinski definition) is 2. The summed E-state index contributed by atoms with van der Waals surface area (Å²) in [6, 6.07) is 2.10. The lowest BCUT2D eigenvalue weighted by molar-refractivity contribution is -0.116. The quantitative estimate of drug-likeness (QED) is 0.893. The molecule has 0 unspecified atom stereocenters. The minimum absolute atomic E-state index is 0.00815. The molecule has 1 aromatic heterocycles. The van der Waals surface area contributed by atoms with E-state index in [1.54, 1.807) is 0 Å². The van der Waals surface area contributed by atoms with E-state index in [-0.39, 0.29) is 17.0 Å². The van der Waals surface area contributed by atoms with Crippen molar-refractivity contribution < 1.29 is 13.6 Å². The van der Waals surface area contributed by atoms with E-state index in [2.05, 4.69) is 31.3 Å². The first-order chi connectivity index (χ1) is 8.95. The molecule has 9 heteroatoms. The number of nitrogens with two attached hydrogens (primary N) is 1. The van der Waals surface area contributed by atoms with Crippen molar-refractivity contribution in [1.29, 1.82) is 0 Å². The molecular formula is C10H8BrF2N5O. The Bertz CT molecular complexity index is 607. The van der Waals surface area contributed by atoms with Crippen molar-refractivity contribution >= 4 is 33.5 Å². The first-order valence-electron chi connectivity index (χ1n) is 5.05. The SMILES string of the molecule is Nc1ncn(CC(=O)Nc2c(F)cc(Br)cc2F)n1. The summed E-state index contributed by atoms with van der Waals surface area (Å²) in [4.78, 5) is 15.2. The predicted octanol–water partition coefficient (Wildman–Crippen LogP) is 1.54. The van der Waals surface area contributed by atoms with Crippen LogP contribution in [0.5, 0.6) is 0 Å². The van der Waals surface area contributed by atoms with Crippen molar-refractivity contribution in [1.82, 2.24) is 14.8 Å². The molecule has 1 aromatic carbocycles. The number of hydrogen-bond acceptors (Lipinski definition) is 4. The minimum Gasteiger partial charge on any atom is -0.367 e. The highest BCUT2D eigenvalue weighted by Gasteiger charge is 2.14. The van der Waals surface area contributed by atoms with E-state index < -0.39 is 23.2 Å². The molecule has 19 heavy (non-hydrogen) atoms. The van der Waals surface area contributed by atoms with E-state index in [9.17, 15) is 13.6 Å². The van der Waals surface area contributed by atoms with Crippen LogP contribution in [-0.4, -0.2) is 20.7 Å². The van der Waals surface area contributed by atoms with Gasteiger partial charge in [-0.3, -0.25) is 4.79 Å². The number of nitrogens with one attached hydrogen (secondary N) is 1. The summed E-state index contributed by atoms with van der Waals surface area (Å²) < 4.78 is 28.3. The average molecular weight is 332 g/mol. The molecule has 100 valence electrons. The van der Waals surface area contributed by atoms with E-state index in [4.69, 9.17) is 5.73 Å². The van der Waals surface area contributed by atoms with Crippen molar-refractivity contribution in [3.8, 4) is 0 Å². The number of nitrogens with zero attached hydrogens (tertiary/aromatic N) is 3. The zero-order valence-corrected chi connectivity index (χ0v) is 11.0. The number of benzene rings is 1. The third-order valence-corrected chi connectivity index (χ3v) is 2.59. The summed E-state index contributed by atoms with van der Waals surface area (Å²) in [5.41, 5.74) is 4.76. The second kappa shape index (κ2) is 5.31. The van der Waals surface area contributed by atoms with Crippen LogP contribution in [-0.2, 0) is 11.3 Å². The van der Waals surface area contributed by atoms with Gasteiger partial charge < -0.3 is 11.1 Å². The topological polar surface area (TPSA) is 85.8 Å². The van der Waals surface area contributed by atoms with Crippen LogP contribution in [0.3, 0.4) is 0 Å². The maximum Gasteiger partial charge on any atom is 0.246 e. The summed E-state index contributed by atoms with van der Waals surface area (Å²) in [6.45, 7) is -0.251. The van der Waals surface area contributed by atoms with Gasteiger partial charge in [-0.2, -0.15) is 0 Å². The van der Waals surface area contributed by atoms with Crippen LogP contribution in [0, 0.1) is 11.6 Å². The number of rotatable bonds is 3. The van der Waals surface area contributed by atoms with Gasteiger partial charge in [-0.15, -0.1) is 5.10 Å². The average Bonchev–Trinajstić information content (AvgIpc) is 2.69. The molecule has 6 nitrogen and oxygen atoms in total. The monoisotopic (exact) mass is 331 g/mol. The Labute approximate surface area is 114 Å². The Morgan fingerprint density at radius 3 is 2.58 bits per heavy atom. The van der Waals surface area contributed by atoms with Crippen molar-refractivity contribution in [3.05, 3.63) is 34.6 Å². The molecule has 0 spiro atoms. The first kappa shape index (κ1) is 13.4. The van der Waals surface area contributed by atoms with Crippen molar-refractivity contribution in [2.24, 2.45) is 0 Å². The number of halogens is 3. The lowest BCUT2D eigenvalue weighted by Crippen LogP contribution is -2.20. The van der Waals surface area contributed by atoms with Crippen molar-refractivity contribution in [3.63, 3.8) is 0 Å². The van der Waals surface area contributed by atoms with Gasteiger partial charge in [-0.1, -0.05) is 15.9 Å². The van der Waals surface area contributed by atoms with Gasteiger partial charge in [0, 0.05) is 4.47 Å². The largest absolute Gasteiger partial charge is 0.367 e. The molecule has 0 bridgehead atoms. The van der Waals surface area contributed by atoms with Gasteiger partial charge in [-0.25, -0.2) is 18.4 Å². The van der Waals surface area contributed by atoms with E-state index in [1.807, 2.05) is 0 Å². The highest BCUT2D eigenvalue weighted by atomic mass is 79.9. The van der Waals surface area contributed by atoms with Gasteiger partial charge in [0.1, 0.15) is 18.6 Å². The molecule has 1 heterocycles. The molecule has 0 saturated carbocycles. The third-order valence-electron chi connectivity index (χ3n) is 2.13. The highest BCUT2D eigenvalue weighted by Crippen LogP contribution is 2.23. The maximum absolute atomic E-state index is 13.5. The lowest BCUT2D eigenvalue weighted by atomic mass is 10.3. The third kappa shape index (κ3) is 3.25. The maximum atomic E-state index is 13.5. The number of amides is 1. The van der Waals surface area contributed by atoms with Crippen molar-refractivity contribution in [2.75, 3.05) is 11.1 Å². The van der Waals surface area contributed by atoms with Gasteiger partial charge in [-0.05, 0) is 12.1 Å². The molecule has 0 saturated heterocycles. The molecule has 0 atom stereocenters. The Hall–Kier alpha value is -2.03. The molecule has 1 amide bonds. The van der Waals surface area contributed by atoms with Gasteiger partial charge in [0.15, 0.2) is 11.6 Å². The zero-order chi connectivity index (χ0) is 14.0. The number of anilines is 2. The van der Waals surface area contributed by atoms with Crippen LogP contribution in [0.15, 0.2) is 22.9 Å². The standard InChI is InChI=1S/C10H8BrF2N5O/c11-5-1-6(12)9(7(13)2-5)16-8(19)3-18-4-15-10(14)17-18/h1-2,4H,3H2,(H2,14,17)(H,16,19). The van der Waals surface area contributed by atoms with Crippen LogP contribution in [0.2, 0.25) is 0 Å². The molecule has 0 aliphatic heterocycles. The van der Waals surface area contributed by atoms with Gasteiger partial charge >= 0.3 is 0 Å². The molecular weight excluding hydrogens is 324 g/mol. The minimum atomic E-state index is -0.877. The Balaban J connectivity index is 2.11. The molecule has 0 fully saturated rings. The number of nitrogen functional groups attached to an aromatic ring is 1. The Kier molecular flexibility index (Phi) is 3.74. The van der Waals surface area contributed by atoms with Gasteiger partial charge in [0.2, 0.25) is 11.9 Å². The van der Waals surface area contributed by atoms with Crippen molar-refractivity contribution in [2.45, 2.75) is 6.54 Å². The summed E-state index contributed by atoms with van der Waals surface area (Å²) in [7, 11) is 0. The number of carbonyl (C=O) groups is 1. The molecule has 0 radical (unpaired) electrons. The second-order valence-corrected chi connectivity index (χ2v) is 4.51. The summed E-state index contributed by atoms with van der Waals surface area (Å²) >= 11 is 2.94. The van der Waals surface area contributed by atoms with E-state index in [1.165, 1.54) is 6.33 Å². The van der Waals surface area contributed by atoms with E-state index in [0.29, 0.717) is 0 Å². The Morgan fingerprint density at radius 2 is 2.05 bits per heavy atom. The normalized spacial score (nSPS) is 10.5. The smallest absolute Gasteiger partial charge is 0.246 e. The molecule has 3 N–H and O–H groups in total. The fourth-order valence-electron chi connectivity index (χ4n) is 1.37. The molecule has 0 aliphatic carbocycles. The lowest BCUT2D eigenvalue weighted by Gasteiger charge is -2.08. The fourth-order valence-corrected chi connectivity index (χ4v) is 1.77. The van der Waals surface area contributed by atoms with Crippen LogP contribution in [0.1, 0.15) is 0 Å². The predicted molar refractivity (Wildman–Crippen MR) is 67.1 cm³/mol. The number of aromatic nitrogens is 3.